The molecule has 0 heterocycles. The second-order valence-corrected chi connectivity index (χ2v) is 6.58. The molecule has 0 saturated carbocycles. The molecule has 7 N–H and O–H groups in total. The van der Waals surface area contributed by atoms with Crippen LogP contribution in [0.1, 0.15) is 11.1 Å². The van der Waals surface area contributed by atoms with Gasteiger partial charge in [-0.2, -0.15) is 0 Å². The van der Waals surface area contributed by atoms with E-state index < -0.39 is 5.91 Å². The quantitative estimate of drug-likeness (QED) is 0.176. The molecule has 0 fully saturated rings. The fourth-order valence-electron chi connectivity index (χ4n) is 1.94. The molecule has 2 rings (SSSR count). The van der Waals surface area contributed by atoms with Gasteiger partial charge in [-0.15, -0.1) is 5.10 Å². The Kier molecular flexibility index (Phi) is 7.22. The average Bonchev–Trinajstić information content (AvgIpc) is 2.58. The molecule has 138 valence electrons. The molecule has 0 aliphatic rings. The van der Waals surface area contributed by atoms with Gasteiger partial charge >= 0.3 is 0 Å². The summed E-state index contributed by atoms with van der Waals surface area (Å²) in [6, 6.07) is 11.0. The van der Waals surface area contributed by atoms with E-state index in [9.17, 15) is 9.18 Å². The van der Waals surface area contributed by atoms with Crippen molar-refractivity contribution < 1.29 is 9.18 Å². The van der Waals surface area contributed by atoms with Gasteiger partial charge in [-0.3, -0.25) is 9.52 Å². The van der Waals surface area contributed by atoms with E-state index >= 15 is 0 Å². The molecule has 2 aromatic rings. The van der Waals surface area contributed by atoms with Crippen molar-refractivity contribution in [2.75, 3.05) is 6.54 Å². The number of carbonyl (C=O) groups is 1. The third-order valence-corrected chi connectivity index (χ3v) is 4.44. The standard InChI is InChI=1S/C16H18ClFN6OS/c17-13-7-11(3-6-14(13)26-22-8-15(19)25)16(20)23-24(21)9-10-1-4-12(18)5-2-10/h1-7,22H,8-9,21H2,(H2,19,25)(H2,20,23). The largest absolute Gasteiger partial charge is 0.382 e. The zero-order valence-electron chi connectivity index (χ0n) is 13.7. The molecule has 0 aromatic heterocycles. The fraction of sp³-hybridized carbons (Fsp3) is 0.125. The average molecular weight is 397 g/mol. The molecular formula is C16H18ClFN6OS. The molecule has 0 bridgehead atoms. The molecule has 0 aliphatic carbocycles. The number of hydrazone groups is 1. The number of rotatable bonds is 8. The van der Waals surface area contributed by atoms with Crippen molar-refractivity contribution in [2.45, 2.75) is 11.4 Å². The first kappa shape index (κ1) is 20.0. The van der Waals surface area contributed by atoms with E-state index in [0.717, 1.165) is 10.7 Å². The summed E-state index contributed by atoms with van der Waals surface area (Å²) in [7, 11) is 0. The summed E-state index contributed by atoms with van der Waals surface area (Å²) < 4.78 is 15.7. The van der Waals surface area contributed by atoms with Crippen molar-refractivity contribution in [2.24, 2.45) is 22.4 Å². The van der Waals surface area contributed by atoms with Gasteiger partial charge in [0.2, 0.25) is 5.91 Å². The monoisotopic (exact) mass is 396 g/mol. The summed E-state index contributed by atoms with van der Waals surface area (Å²) in [5.74, 6) is 5.22. The van der Waals surface area contributed by atoms with Gasteiger partial charge < -0.3 is 11.5 Å². The molecular weight excluding hydrogens is 379 g/mol. The van der Waals surface area contributed by atoms with E-state index in [1.54, 1.807) is 30.3 Å². The Balaban J connectivity index is 2.02. The maximum absolute atomic E-state index is 12.9. The topological polar surface area (TPSA) is 123 Å². The van der Waals surface area contributed by atoms with E-state index in [2.05, 4.69) is 9.82 Å². The number of benzene rings is 2. The lowest BCUT2D eigenvalue weighted by Crippen LogP contribution is -2.29. The van der Waals surface area contributed by atoms with Crippen LogP contribution in [-0.4, -0.2) is 23.4 Å². The first-order valence-electron chi connectivity index (χ1n) is 7.44. The van der Waals surface area contributed by atoms with Gasteiger partial charge in [0.05, 0.1) is 18.1 Å². The Labute approximate surface area is 159 Å². The van der Waals surface area contributed by atoms with E-state index in [-0.39, 0.29) is 24.7 Å². The Hall–Kier alpha value is -2.33. The molecule has 26 heavy (non-hydrogen) atoms. The van der Waals surface area contributed by atoms with Crippen molar-refractivity contribution in [3.05, 3.63) is 64.4 Å². The van der Waals surface area contributed by atoms with Gasteiger partial charge in [-0.25, -0.2) is 15.4 Å². The Bertz CT molecular complexity index is 802. The smallest absolute Gasteiger partial charge is 0.232 e. The minimum Gasteiger partial charge on any atom is -0.382 e. The zero-order chi connectivity index (χ0) is 19.1. The minimum atomic E-state index is -0.467. The highest BCUT2D eigenvalue weighted by Crippen LogP contribution is 2.26. The number of hydrogen-bond donors (Lipinski definition) is 4. The van der Waals surface area contributed by atoms with E-state index in [4.69, 9.17) is 28.9 Å². The lowest BCUT2D eigenvalue weighted by atomic mass is 10.2. The zero-order valence-corrected chi connectivity index (χ0v) is 15.2. The predicted octanol–water partition coefficient (Wildman–Crippen LogP) is 1.56. The van der Waals surface area contributed by atoms with Crippen molar-refractivity contribution in [1.82, 2.24) is 9.84 Å². The van der Waals surface area contributed by atoms with Gasteiger partial charge in [0, 0.05) is 10.5 Å². The highest BCUT2D eigenvalue weighted by Gasteiger charge is 2.07. The van der Waals surface area contributed by atoms with Gasteiger partial charge in [0.25, 0.3) is 0 Å². The van der Waals surface area contributed by atoms with Crippen LogP contribution in [0.5, 0.6) is 0 Å². The number of amidine groups is 1. The summed E-state index contributed by atoms with van der Waals surface area (Å²) in [5, 5.41) is 5.69. The van der Waals surface area contributed by atoms with E-state index in [1.807, 2.05) is 0 Å². The van der Waals surface area contributed by atoms with Gasteiger partial charge in [0.15, 0.2) is 5.84 Å². The SMILES string of the molecule is NC(=O)CNSc1ccc(/C(N)=N/N(N)Cc2ccc(F)cc2)cc1Cl. The van der Waals surface area contributed by atoms with Crippen LogP contribution < -0.4 is 22.0 Å². The predicted molar refractivity (Wildman–Crippen MR) is 101 cm³/mol. The molecule has 7 nitrogen and oxygen atoms in total. The summed E-state index contributed by atoms with van der Waals surface area (Å²) in [5.41, 5.74) is 12.4. The molecule has 10 heteroatoms. The van der Waals surface area contributed by atoms with Gasteiger partial charge in [-0.1, -0.05) is 23.7 Å². The van der Waals surface area contributed by atoms with Crippen molar-refractivity contribution in [3.8, 4) is 0 Å². The molecule has 0 radical (unpaired) electrons. The molecule has 0 atom stereocenters. The van der Waals surface area contributed by atoms with Crippen LogP contribution >= 0.6 is 23.5 Å². The second kappa shape index (κ2) is 9.39. The van der Waals surface area contributed by atoms with Crippen LogP contribution in [0.4, 0.5) is 4.39 Å². The third-order valence-electron chi connectivity index (χ3n) is 3.15. The number of nitrogens with one attached hydrogen (secondary N) is 1. The number of primary amides is 1. The Morgan fingerprint density at radius 1 is 1.23 bits per heavy atom. The highest BCUT2D eigenvalue weighted by molar-refractivity contribution is 7.97. The maximum Gasteiger partial charge on any atom is 0.232 e. The van der Waals surface area contributed by atoms with Crippen molar-refractivity contribution in [1.29, 1.82) is 0 Å². The lowest BCUT2D eigenvalue weighted by Gasteiger charge is -2.14. The third kappa shape index (κ3) is 6.19. The summed E-state index contributed by atoms with van der Waals surface area (Å²) in [6.45, 7) is 0.289. The first-order chi connectivity index (χ1) is 12.3. The maximum atomic E-state index is 12.9. The van der Waals surface area contributed by atoms with Crippen LogP contribution in [0.3, 0.4) is 0 Å². The van der Waals surface area contributed by atoms with Gasteiger partial charge in [-0.05, 0) is 47.8 Å². The lowest BCUT2D eigenvalue weighted by molar-refractivity contribution is -0.116. The molecule has 0 unspecified atom stereocenters. The number of halogens is 2. The number of carbonyl (C=O) groups excluding carboxylic acids is 1. The molecule has 0 saturated heterocycles. The van der Waals surface area contributed by atoms with E-state index in [1.165, 1.54) is 24.1 Å². The van der Waals surface area contributed by atoms with Crippen LogP contribution in [0, 0.1) is 5.82 Å². The normalized spacial score (nSPS) is 11.4. The Morgan fingerprint density at radius 2 is 1.92 bits per heavy atom. The second-order valence-electron chi connectivity index (χ2n) is 5.24. The Morgan fingerprint density at radius 3 is 2.54 bits per heavy atom. The molecule has 1 amide bonds. The van der Waals surface area contributed by atoms with Crippen LogP contribution in [-0.2, 0) is 11.3 Å². The van der Waals surface area contributed by atoms with Crippen molar-refractivity contribution in [3.63, 3.8) is 0 Å². The summed E-state index contributed by atoms with van der Waals surface area (Å²) in [4.78, 5) is 11.4. The minimum absolute atomic E-state index is 0.0257. The fourth-order valence-corrected chi connectivity index (χ4v) is 2.89. The molecule has 0 spiro atoms. The van der Waals surface area contributed by atoms with Crippen molar-refractivity contribution >= 4 is 35.3 Å². The number of hydrogen-bond acceptors (Lipinski definition) is 6. The number of amides is 1. The van der Waals surface area contributed by atoms with Crippen LogP contribution in [0.15, 0.2) is 52.5 Å². The van der Waals surface area contributed by atoms with Crippen LogP contribution in [0.2, 0.25) is 5.02 Å². The number of hydrazine groups is 1. The highest BCUT2D eigenvalue weighted by atomic mass is 35.5. The molecule has 0 aliphatic heterocycles. The number of nitrogens with zero attached hydrogens (tertiary/aromatic N) is 2. The van der Waals surface area contributed by atoms with E-state index in [0.29, 0.717) is 15.5 Å². The van der Waals surface area contributed by atoms with Gasteiger partial charge in [0.1, 0.15) is 5.82 Å². The molecule has 2 aromatic carbocycles. The number of nitrogens with two attached hydrogens (primary N) is 3. The first-order valence-corrected chi connectivity index (χ1v) is 8.63. The summed E-state index contributed by atoms with van der Waals surface area (Å²) in [6.07, 6.45) is 0. The van der Waals surface area contributed by atoms with Crippen LogP contribution in [0.25, 0.3) is 0 Å². The summed E-state index contributed by atoms with van der Waals surface area (Å²) >= 11 is 7.39.